The van der Waals surface area contributed by atoms with Crippen LogP contribution in [0.2, 0.25) is 0 Å². The van der Waals surface area contributed by atoms with Crippen molar-refractivity contribution in [2.24, 2.45) is 21.9 Å². The fourth-order valence-corrected chi connectivity index (χ4v) is 4.88. The zero-order chi connectivity index (χ0) is 22.2. The molecule has 4 atom stereocenters. The topological polar surface area (TPSA) is 88.4 Å². The lowest BCUT2D eigenvalue weighted by atomic mass is 9.61. The smallest absolute Gasteiger partial charge is 0.410 e. The van der Waals surface area contributed by atoms with E-state index in [4.69, 9.17) is 9.47 Å². The van der Waals surface area contributed by atoms with E-state index in [-0.39, 0.29) is 17.4 Å². The predicted molar refractivity (Wildman–Crippen MR) is 111 cm³/mol. The van der Waals surface area contributed by atoms with Gasteiger partial charge in [0.2, 0.25) is 0 Å². The zero-order valence-corrected chi connectivity index (χ0v) is 19.0. The summed E-state index contributed by atoms with van der Waals surface area (Å²) < 4.78 is 10.6. The van der Waals surface area contributed by atoms with Crippen molar-refractivity contribution in [3.8, 4) is 0 Å². The Balaban J connectivity index is 2.51. The molecule has 0 spiro atoms. The normalized spacial score (nSPS) is 32.1. The summed E-state index contributed by atoms with van der Waals surface area (Å²) in [7, 11) is 3.14. The summed E-state index contributed by atoms with van der Waals surface area (Å²) in [5.74, 6) is -0.705. The molecule has 1 fully saturated rings. The second-order valence-corrected chi connectivity index (χ2v) is 9.84. The average Bonchev–Trinajstić information content (AvgIpc) is 2.83. The fraction of sp³-hybridized carbons (Fsp3) is 0.773. The number of allylic oxidation sites excluding steroid dienone is 1. The first-order chi connectivity index (χ1) is 13.3. The molecule has 1 amide bonds. The lowest BCUT2D eigenvalue weighted by Gasteiger charge is -2.48. The summed E-state index contributed by atoms with van der Waals surface area (Å²) in [6.45, 7) is 11.6. The van der Waals surface area contributed by atoms with Gasteiger partial charge >= 0.3 is 12.1 Å². The van der Waals surface area contributed by atoms with Crippen molar-refractivity contribution in [3.05, 3.63) is 11.6 Å². The van der Waals surface area contributed by atoms with Crippen LogP contribution in [0.15, 0.2) is 16.8 Å². The number of nitrogens with zero attached hydrogens (tertiary/aromatic N) is 2. The van der Waals surface area contributed by atoms with E-state index in [1.54, 1.807) is 11.9 Å². The van der Waals surface area contributed by atoms with Gasteiger partial charge in [-0.1, -0.05) is 30.7 Å². The molecule has 2 rings (SSSR count). The molecule has 0 saturated heterocycles. The molecule has 0 aliphatic heterocycles. The minimum atomic E-state index is -0.606. The molecule has 0 bridgehead atoms. The first-order valence-corrected chi connectivity index (χ1v) is 10.2. The number of amides is 1. The monoisotopic (exact) mass is 408 g/mol. The van der Waals surface area contributed by atoms with Gasteiger partial charge < -0.3 is 19.6 Å². The third kappa shape index (κ3) is 4.14. The predicted octanol–water partition coefficient (Wildman–Crippen LogP) is 4.39. The molecular weight excluding hydrogens is 372 g/mol. The van der Waals surface area contributed by atoms with Gasteiger partial charge in [-0.05, 0) is 58.8 Å². The van der Waals surface area contributed by atoms with Gasteiger partial charge in [-0.2, -0.15) is 0 Å². The summed E-state index contributed by atoms with van der Waals surface area (Å²) in [6.07, 6.45) is 4.31. The number of ether oxygens (including phenoxy) is 2. The van der Waals surface area contributed by atoms with Crippen LogP contribution in [0.5, 0.6) is 0 Å². The quantitative estimate of drug-likeness (QED) is 0.324. The van der Waals surface area contributed by atoms with Crippen molar-refractivity contribution in [2.45, 2.75) is 78.9 Å². The van der Waals surface area contributed by atoms with E-state index in [0.717, 1.165) is 17.7 Å². The molecule has 7 nitrogen and oxygen atoms in total. The Morgan fingerprint density at radius 2 is 1.97 bits per heavy atom. The summed E-state index contributed by atoms with van der Waals surface area (Å²) in [5, 5.41) is 13.3. The first kappa shape index (κ1) is 23.2. The van der Waals surface area contributed by atoms with Crippen LogP contribution in [0.3, 0.4) is 0 Å². The Bertz CT molecular complexity index is 723. The Morgan fingerprint density at radius 1 is 1.34 bits per heavy atom. The molecule has 0 heterocycles. The summed E-state index contributed by atoms with van der Waals surface area (Å²) in [5.41, 5.74) is 0.303. The number of carbonyl (C=O) groups is 2. The lowest BCUT2D eigenvalue weighted by molar-refractivity contribution is -0.143. The number of oxime groups is 1. The van der Waals surface area contributed by atoms with Crippen LogP contribution in [-0.2, 0) is 14.3 Å². The molecule has 164 valence electrons. The molecule has 1 unspecified atom stereocenters. The average molecular weight is 409 g/mol. The SMILES string of the molecule is COC(=O)C(C)C1=CC[C@]2(C)/C(=N/O)CC[C@]2(C)[C@@H](N(C)C(=O)OC(C)(C)C)C1. The largest absolute Gasteiger partial charge is 0.469 e. The van der Waals surface area contributed by atoms with Crippen LogP contribution in [-0.4, -0.2) is 53.7 Å². The third-order valence-corrected chi connectivity index (χ3v) is 7.10. The number of hydrogen-bond acceptors (Lipinski definition) is 6. The van der Waals surface area contributed by atoms with Gasteiger partial charge in [0.15, 0.2) is 0 Å². The highest BCUT2D eigenvalue weighted by molar-refractivity contribution is 5.93. The molecule has 0 aromatic carbocycles. The molecule has 2 aliphatic rings. The molecule has 0 aromatic heterocycles. The second kappa shape index (κ2) is 8.00. The molecule has 0 radical (unpaired) electrons. The van der Waals surface area contributed by atoms with E-state index < -0.39 is 23.0 Å². The van der Waals surface area contributed by atoms with E-state index in [1.165, 1.54) is 7.11 Å². The standard InChI is InChI=1S/C22H36N2O5/c1-14(18(25)28-8)15-9-11-21(5)16(23-27)10-12-22(21,6)17(13-15)24(7)19(26)29-20(2,3)4/h9,14,17,27H,10-13H2,1-8H3/b23-16+/t14?,17-,21+,22+/m0/s1. The molecule has 7 heteroatoms. The molecular formula is C22H36N2O5. The maximum Gasteiger partial charge on any atom is 0.410 e. The van der Waals surface area contributed by atoms with Crippen molar-refractivity contribution in [1.29, 1.82) is 0 Å². The number of carbonyl (C=O) groups excluding carboxylic acids is 2. The highest BCUT2D eigenvalue weighted by atomic mass is 16.6. The summed E-state index contributed by atoms with van der Waals surface area (Å²) in [6, 6.07) is -0.220. The highest BCUT2D eigenvalue weighted by Gasteiger charge is 2.59. The Labute approximate surface area is 174 Å². The molecule has 1 N–H and O–H groups in total. The van der Waals surface area contributed by atoms with Crippen molar-refractivity contribution in [2.75, 3.05) is 14.2 Å². The number of esters is 1. The molecule has 0 aromatic rings. The van der Waals surface area contributed by atoms with Gasteiger partial charge in [0.1, 0.15) is 5.60 Å². The van der Waals surface area contributed by atoms with E-state index in [2.05, 4.69) is 25.1 Å². The van der Waals surface area contributed by atoms with E-state index in [0.29, 0.717) is 19.3 Å². The number of fused-ring (bicyclic) bond motifs is 1. The molecule has 2 aliphatic carbocycles. The second-order valence-electron chi connectivity index (χ2n) is 9.84. The van der Waals surface area contributed by atoms with Gasteiger partial charge in [0.25, 0.3) is 0 Å². The fourth-order valence-electron chi connectivity index (χ4n) is 4.88. The number of rotatable bonds is 3. The van der Waals surface area contributed by atoms with Crippen LogP contribution >= 0.6 is 0 Å². The van der Waals surface area contributed by atoms with Crippen LogP contribution in [0, 0.1) is 16.7 Å². The van der Waals surface area contributed by atoms with E-state index in [9.17, 15) is 14.8 Å². The van der Waals surface area contributed by atoms with Crippen molar-refractivity contribution in [1.82, 2.24) is 4.90 Å². The number of methoxy groups -OCH3 is 1. The summed E-state index contributed by atoms with van der Waals surface area (Å²) in [4.78, 5) is 26.8. The van der Waals surface area contributed by atoms with Crippen molar-refractivity contribution >= 4 is 17.8 Å². The minimum absolute atomic E-state index is 0.220. The van der Waals surface area contributed by atoms with Crippen molar-refractivity contribution in [3.63, 3.8) is 0 Å². The van der Waals surface area contributed by atoms with Gasteiger partial charge in [-0.25, -0.2) is 4.79 Å². The van der Waals surface area contributed by atoms with E-state index in [1.807, 2.05) is 27.7 Å². The number of hydrogen-bond donors (Lipinski definition) is 1. The third-order valence-electron chi connectivity index (χ3n) is 7.10. The van der Waals surface area contributed by atoms with Crippen LogP contribution in [0.4, 0.5) is 4.79 Å². The summed E-state index contributed by atoms with van der Waals surface area (Å²) >= 11 is 0. The molecule has 29 heavy (non-hydrogen) atoms. The van der Waals surface area contributed by atoms with Crippen LogP contribution in [0.25, 0.3) is 0 Å². The van der Waals surface area contributed by atoms with Gasteiger partial charge in [0, 0.05) is 18.5 Å². The van der Waals surface area contributed by atoms with Gasteiger partial charge in [-0.15, -0.1) is 0 Å². The zero-order valence-electron chi connectivity index (χ0n) is 19.0. The Hall–Kier alpha value is -2.05. The van der Waals surface area contributed by atoms with Crippen molar-refractivity contribution < 1.29 is 24.3 Å². The van der Waals surface area contributed by atoms with E-state index >= 15 is 0 Å². The highest BCUT2D eigenvalue weighted by Crippen LogP contribution is 2.59. The molecule has 1 saturated carbocycles. The Morgan fingerprint density at radius 3 is 2.48 bits per heavy atom. The first-order valence-electron chi connectivity index (χ1n) is 10.2. The lowest BCUT2D eigenvalue weighted by Crippen LogP contribution is -2.54. The van der Waals surface area contributed by atoms with Gasteiger partial charge in [-0.3, -0.25) is 4.79 Å². The van der Waals surface area contributed by atoms with Crippen LogP contribution in [0.1, 0.15) is 67.2 Å². The maximum atomic E-state index is 12.9. The minimum Gasteiger partial charge on any atom is -0.469 e. The van der Waals surface area contributed by atoms with Crippen LogP contribution < -0.4 is 0 Å². The maximum absolute atomic E-state index is 12.9. The van der Waals surface area contributed by atoms with Gasteiger partial charge in [0.05, 0.1) is 18.7 Å². The Kier molecular flexibility index (Phi) is 6.40.